The second-order valence-electron chi connectivity index (χ2n) is 7.75. The largest absolute Gasteiger partial charge is 0.481 e. The molecule has 4 rings (SSSR count). The first-order chi connectivity index (χ1) is 15.4. The predicted octanol–water partition coefficient (Wildman–Crippen LogP) is 3.60. The van der Waals surface area contributed by atoms with Gasteiger partial charge in [0.25, 0.3) is 0 Å². The number of aromatic amines is 1. The average molecular weight is 442 g/mol. The standard InChI is InChI=1S/C22H23FN4O5/c1-3-10-30-21-24-9-8-15(25-21)17-16(13-4-6-14(23)7-5-13)26-18(27-17)19-31-11-22(2,12-32-19)20(28)29/h4-9,19H,3,10-12H2,1-2H3,(H,26,27)(H,28,29). The minimum atomic E-state index is -1.14. The summed E-state index contributed by atoms with van der Waals surface area (Å²) >= 11 is 0. The third-order valence-electron chi connectivity index (χ3n) is 5.01. The predicted molar refractivity (Wildman–Crippen MR) is 111 cm³/mol. The van der Waals surface area contributed by atoms with Crippen LogP contribution in [0, 0.1) is 11.2 Å². The highest BCUT2D eigenvalue weighted by Gasteiger charge is 2.41. The van der Waals surface area contributed by atoms with Gasteiger partial charge in [-0.3, -0.25) is 4.79 Å². The second-order valence-corrected chi connectivity index (χ2v) is 7.75. The number of hydrogen-bond acceptors (Lipinski definition) is 7. The van der Waals surface area contributed by atoms with E-state index in [0.29, 0.717) is 35.1 Å². The zero-order valence-electron chi connectivity index (χ0n) is 17.7. The van der Waals surface area contributed by atoms with Crippen LogP contribution in [-0.4, -0.2) is 50.8 Å². The van der Waals surface area contributed by atoms with Crippen molar-refractivity contribution >= 4 is 5.97 Å². The lowest BCUT2D eigenvalue weighted by Crippen LogP contribution is -2.42. The van der Waals surface area contributed by atoms with E-state index in [1.165, 1.54) is 12.1 Å². The van der Waals surface area contributed by atoms with Crippen molar-refractivity contribution in [3.63, 3.8) is 0 Å². The van der Waals surface area contributed by atoms with Crippen LogP contribution in [0.2, 0.25) is 0 Å². The Kier molecular flexibility index (Phi) is 6.15. The van der Waals surface area contributed by atoms with E-state index in [4.69, 9.17) is 14.2 Å². The molecule has 10 heteroatoms. The maximum absolute atomic E-state index is 13.5. The van der Waals surface area contributed by atoms with Crippen LogP contribution in [0.1, 0.15) is 32.4 Å². The number of nitrogens with one attached hydrogen (secondary N) is 1. The molecule has 168 valence electrons. The lowest BCUT2D eigenvalue weighted by molar-refractivity contribution is -0.236. The fraction of sp³-hybridized carbons (Fsp3) is 0.364. The molecule has 0 spiro atoms. The van der Waals surface area contributed by atoms with Gasteiger partial charge in [-0.05, 0) is 43.7 Å². The summed E-state index contributed by atoms with van der Waals surface area (Å²) in [6, 6.07) is 7.84. The molecule has 3 heterocycles. The quantitative estimate of drug-likeness (QED) is 0.570. The molecule has 2 aromatic heterocycles. The maximum atomic E-state index is 13.5. The topological polar surface area (TPSA) is 119 Å². The molecule has 0 aliphatic carbocycles. The molecular weight excluding hydrogens is 419 g/mol. The van der Waals surface area contributed by atoms with Gasteiger partial charge in [0.05, 0.1) is 36.9 Å². The molecule has 1 fully saturated rings. The van der Waals surface area contributed by atoms with Crippen LogP contribution in [0.15, 0.2) is 36.5 Å². The Morgan fingerprint density at radius 3 is 2.62 bits per heavy atom. The van der Waals surface area contributed by atoms with Crippen LogP contribution in [0.3, 0.4) is 0 Å². The summed E-state index contributed by atoms with van der Waals surface area (Å²) in [4.78, 5) is 27.8. The Morgan fingerprint density at radius 1 is 1.25 bits per heavy atom. The number of aromatic nitrogens is 4. The number of nitrogens with zero attached hydrogens (tertiary/aromatic N) is 3. The van der Waals surface area contributed by atoms with Gasteiger partial charge in [-0.15, -0.1) is 0 Å². The molecule has 32 heavy (non-hydrogen) atoms. The summed E-state index contributed by atoms with van der Waals surface area (Å²) < 4.78 is 30.3. The fourth-order valence-corrected chi connectivity index (χ4v) is 3.14. The van der Waals surface area contributed by atoms with Gasteiger partial charge in [0.2, 0.25) is 6.29 Å². The van der Waals surface area contributed by atoms with Gasteiger partial charge >= 0.3 is 12.0 Å². The van der Waals surface area contributed by atoms with E-state index in [2.05, 4.69) is 19.9 Å². The molecule has 3 aromatic rings. The molecule has 1 saturated heterocycles. The van der Waals surface area contributed by atoms with E-state index in [-0.39, 0.29) is 25.0 Å². The van der Waals surface area contributed by atoms with Gasteiger partial charge < -0.3 is 24.3 Å². The highest BCUT2D eigenvalue weighted by Crippen LogP contribution is 2.35. The number of ether oxygens (including phenoxy) is 3. The minimum absolute atomic E-state index is 0.0303. The average Bonchev–Trinajstić information content (AvgIpc) is 3.24. The number of imidazole rings is 1. The van der Waals surface area contributed by atoms with E-state index < -0.39 is 17.7 Å². The van der Waals surface area contributed by atoms with Gasteiger partial charge in [0.1, 0.15) is 11.2 Å². The van der Waals surface area contributed by atoms with Crippen LogP contribution in [-0.2, 0) is 14.3 Å². The maximum Gasteiger partial charge on any atom is 0.316 e. The SMILES string of the molecule is CCCOc1nccc(-c2[nH]c(C3OCC(C)(C(=O)O)CO3)nc2-c2ccc(F)cc2)n1. The van der Waals surface area contributed by atoms with Crippen LogP contribution in [0.25, 0.3) is 22.6 Å². The number of rotatable bonds is 7. The van der Waals surface area contributed by atoms with E-state index in [9.17, 15) is 14.3 Å². The molecule has 9 nitrogen and oxygen atoms in total. The summed E-state index contributed by atoms with van der Waals surface area (Å²) in [5.74, 6) is -1.01. The third kappa shape index (κ3) is 4.46. The lowest BCUT2D eigenvalue weighted by atomic mass is 9.92. The molecule has 0 atom stereocenters. The number of hydrogen-bond donors (Lipinski definition) is 2. The van der Waals surface area contributed by atoms with E-state index in [0.717, 1.165) is 6.42 Å². The summed E-state index contributed by atoms with van der Waals surface area (Å²) in [7, 11) is 0. The van der Waals surface area contributed by atoms with E-state index in [1.54, 1.807) is 31.3 Å². The van der Waals surface area contributed by atoms with Crippen molar-refractivity contribution in [1.29, 1.82) is 0 Å². The molecule has 0 amide bonds. The van der Waals surface area contributed by atoms with Crippen molar-refractivity contribution in [3.05, 3.63) is 48.2 Å². The first-order valence-electron chi connectivity index (χ1n) is 10.2. The summed E-state index contributed by atoms with van der Waals surface area (Å²) in [5.41, 5.74) is 1.11. The summed E-state index contributed by atoms with van der Waals surface area (Å²) in [6.45, 7) is 3.96. The number of benzene rings is 1. The number of H-pyrrole nitrogens is 1. The van der Waals surface area contributed by atoms with Gasteiger partial charge in [-0.25, -0.2) is 14.4 Å². The highest BCUT2D eigenvalue weighted by atomic mass is 19.1. The number of carboxylic acid groups (broad SMARTS) is 1. The van der Waals surface area contributed by atoms with Crippen molar-refractivity contribution in [3.8, 4) is 28.7 Å². The number of carbonyl (C=O) groups is 1. The van der Waals surface area contributed by atoms with Crippen molar-refractivity contribution in [1.82, 2.24) is 19.9 Å². The molecule has 1 aliphatic heterocycles. The van der Waals surface area contributed by atoms with Crippen molar-refractivity contribution in [2.24, 2.45) is 5.41 Å². The Morgan fingerprint density at radius 2 is 1.97 bits per heavy atom. The third-order valence-corrected chi connectivity index (χ3v) is 5.01. The number of halogens is 1. The second kappa shape index (κ2) is 9.01. The molecule has 0 bridgehead atoms. The van der Waals surface area contributed by atoms with Crippen LogP contribution >= 0.6 is 0 Å². The Bertz CT molecular complexity index is 1090. The molecule has 1 aromatic carbocycles. The molecule has 0 saturated carbocycles. The molecule has 0 unspecified atom stereocenters. The van der Waals surface area contributed by atoms with Crippen molar-refractivity contribution in [2.75, 3.05) is 19.8 Å². The monoisotopic (exact) mass is 442 g/mol. The summed E-state index contributed by atoms with van der Waals surface area (Å²) in [5, 5.41) is 9.37. The fourth-order valence-electron chi connectivity index (χ4n) is 3.14. The van der Waals surface area contributed by atoms with Gasteiger partial charge in [0, 0.05) is 11.8 Å². The van der Waals surface area contributed by atoms with Gasteiger partial charge in [-0.1, -0.05) is 6.92 Å². The normalized spacial score (nSPS) is 20.8. The number of carboxylic acids is 1. The Labute approximate surface area is 183 Å². The molecule has 1 aliphatic rings. The van der Waals surface area contributed by atoms with Crippen LogP contribution in [0.4, 0.5) is 4.39 Å². The first kappa shape index (κ1) is 21.8. The van der Waals surface area contributed by atoms with Crippen molar-refractivity contribution < 1.29 is 28.5 Å². The van der Waals surface area contributed by atoms with Gasteiger partial charge in [0.15, 0.2) is 5.82 Å². The smallest absolute Gasteiger partial charge is 0.316 e. The van der Waals surface area contributed by atoms with E-state index in [1.807, 2.05) is 6.92 Å². The van der Waals surface area contributed by atoms with Crippen molar-refractivity contribution in [2.45, 2.75) is 26.6 Å². The number of aliphatic carboxylic acids is 1. The van der Waals surface area contributed by atoms with E-state index >= 15 is 0 Å². The Hall–Kier alpha value is -3.37. The zero-order valence-corrected chi connectivity index (χ0v) is 17.7. The molecule has 2 N–H and O–H groups in total. The minimum Gasteiger partial charge on any atom is -0.481 e. The first-order valence-corrected chi connectivity index (χ1v) is 10.2. The summed E-state index contributed by atoms with van der Waals surface area (Å²) in [6.07, 6.45) is 1.51. The lowest BCUT2D eigenvalue weighted by Gasteiger charge is -2.33. The van der Waals surface area contributed by atoms with Gasteiger partial charge in [-0.2, -0.15) is 4.98 Å². The molecular formula is C22H23FN4O5. The molecule has 0 radical (unpaired) electrons. The van der Waals surface area contributed by atoms with Crippen LogP contribution in [0.5, 0.6) is 6.01 Å². The highest BCUT2D eigenvalue weighted by molar-refractivity contribution is 5.77. The van der Waals surface area contributed by atoms with Crippen LogP contribution < -0.4 is 4.74 Å². The Balaban J connectivity index is 1.70. The zero-order chi connectivity index (χ0) is 22.7.